The van der Waals surface area contributed by atoms with Crippen LogP contribution in [0, 0.1) is 0 Å². The molecule has 0 radical (unpaired) electrons. The molecule has 0 N–H and O–H groups in total. The van der Waals surface area contributed by atoms with Crippen LogP contribution in [0.2, 0.25) is 0 Å². The van der Waals surface area contributed by atoms with Gasteiger partial charge in [-0.25, -0.2) is 0 Å². The highest BCUT2D eigenvalue weighted by atomic mass is 14.0. The van der Waals surface area contributed by atoms with Crippen LogP contribution in [0.15, 0.2) is 48.1 Å². The lowest BCUT2D eigenvalue weighted by Crippen LogP contribution is -1.79. The fourth-order valence-electron chi connectivity index (χ4n) is 0.919. The first-order valence-corrected chi connectivity index (χ1v) is 4.38. The van der Waals surface area contributed by atoms with Crippen molar-refractivity contribution in [2.75, 3.05) is 0 Å². The number of hydrogen-bond acceptors (Lipinski definition) is 0. The van der Waals surface area contributed by atoms with Gasteiger partial charge in [-0.15, -0.1) is 0 Å². The first-order chi connectivity index (χ1) is 5.76. The van der Waals surface area contributed by atoms with Crippen LogP contribution in [0.5, 0.6) is 0 Å². The Balaban J connectivity index is 4.56. The highest BCUT2D eigenvalue weighted by molar-refractivity contribution is 5.38. The van der Waals surface area contributed by atoms with Crippen molar-refractivity contribution in [3.05, 3.63) is 48.1 Å². The molecule has 0 spiro atoms. The molecule has 0 atom stereocenters. The molecule has 0 fully saturated rings. The molecule has 0 heteroatoms. The molecule has 0 saturated heterocycles. The van der Waals surface area contributed by atoms with Crippen molar-refractivity contribution in [3.63, 3.8) is 0 Å². The van der Waals surface area contributed by atoms with Crippen molar-refractivity contribution in [1.29, 1.82) is 0 Å². The Morgan fingerprint density at radius 1 is 1.42 bits per heavy atom. The van der Waals surface area contributed by atoms with Gasteiger partial charge in [0.25, 0.3) is 0 Å². The van der Waals surface area contributed by atoms with Crippen molar-refractivity contribution < 1.29 is 0 Å². The Bertz CT molecular complexity index is 214. The van der Waals surface area contributed by atoms with Gasteiger partial charge in [0.2, 0.25) is 0 Å². The van der Waals surface area contributed by atoms with Gasteiger partial charge in [-0.3, -0.25) is 0 Å². The summed E-state index contributed by atoms with van der Waals surface area (Å²) in [6, 6.07) is 0. The van der Waals surface area contributed by atoms with E-state index in [4.69, 9.17) is 0 Å². The summed E-state index contributed by atoms with van der Waals surface area (Å²) in [5, 5.41) is 0. The molecule has 0 amide bonds. The van der Waals surface area contributed by atoms with E-state index >= 15 is 0 Å². The maximum Gasteiger partial charge on any atom is -0.0271 e. The zero-order chi connectivity index (χ0) is 9.40. The van der Waals surface area contributed by atoms with E-state index in [0.717, 1.165) is 6.42 Å². The third kappa shape index (κ3) is 3.97. The smallest absolute Gasteiger partial charge is 0.0271 e. The Kier molecular flexibility index (Phi) is 6.08. The van der Waals surface area contributed by atoms with Gasteiger partial charge in [-0.1, -0.05) is 43.9 Å². The fourth-order valence-corrected chi connectivity index (χ4v) is 0.919. The lowest BCUT2D eigenvalue weighted by Gasteiger charge is -2.00. The van der Waals surface area contributed by atoms with Gasteiger partial charge in [0, 0.05) is 0 Å². The molecule has 0 aliphatic carbocycles. The minimum absolute atomic E-state index is 1.07. The summed E-state index contributed by atoms with van der Waals surface area (Å²) in [7, 11) is 0. The molecule has 0 aliphatic rings. The average Bonchev–Trinajstić information content (AvgIpc) is 2.11. The van der Waals surface area contributed by atoms with E-state index in [1.165, 1.54) is 11.1 Å². The molecule has 0 unspecified atom stereocenters. The lowest BCUT2D eigenvalue weighted by atomic mass is 10.1. The van der Waals surface area contributed by atoms with Crippen LogP contribution in [0.4, 0.5) is 0 Å². The van der Waals surface area contributed by atoms with Crippen molar-refractivity contribution in [2.45, 2.75) is 27.2 Å². The molecule has 12 heavy (non-hydrogen) atoms. The minimum atomic E-state index is 1.07. The zero-order valence-electron chi connectivity index (χ0n) is 8.30. The molecule has 0 aromatic carbocycles. The monoisotopic (exact) mass is 162 g/mol. The first-order valence-electron chi connectivity index (χ1n) is 4.38. The summed E-state index contributed by atoms with van der Waals surface area (Å²) in [6.45, 7) is 9.96. The molecular formula is C12H18. The molecule has 0 bridgehead atoms. The van der Waals surface area contributed by atoms with Crippen LogP contribution in [0.3, 0.4) is 0 Å². The second-order valence-corrected chi connectivity index (χ2v) is 2.63. The first kappa shape index (κ1) is 11.0. The van der Waals surface area contributed by atoms with Crippen LogP contribution in [0.25, 0.3) is 0 Å². The van der Waals surface area contributed by atoms with Gasteiger partial charge in [0.15, 0.2) is 0 Å². The number of allylic oxidation sites excluding steroid dienone is 7. The fraction of sp³-hybridized carbons (Fsp3) is 0.333. The number of rotatable bonds is 4. The van der Waals surface area contributed by atoms with E-state index in [1.807, 2.05) is 6.08 Å². The van der Waals surface area contributed by atoms with E-state index < -0.39 is 0 Å². The highest BCUT2D eigenvalue weighted by Crippen LogP contribution is 2.11. The average molecular weight is 162 g/mol. The zero-order valence-corrected chi connectivity index (χ0v) is 8.30. The lowest BCUT2D eigenvalue weighted by molar-refractivity contribution is 1.19. The summed E-state index contributed by atoms with van der Waals surface area (Å²) >= 11 is 0. The summed E-state index contributed by atoms with van der Waals surface area (Å²) in [5.74, 6) is 0. The largest absolute Gasteiger partial charge is 0.0991 e. The Morgan fingerprint density at radius 2 is 2.08 bits per heavy atom. The van der Waals surface area contributed by atoms with Crippen LogP contribution >= 0.6 is 0 Å². The van der Waals surface area contributed by atoms with Crippen LogP contribution in [-0.2, 0) is 0 Å². The third-order valence-corrected chi connectivity index (χ3v) is 1.72. The molecule has 66 valence electrons. The van der Waals surface area contributed by atoms with Crippen LogP contribution < -0.4 is 0 Å². The van der Waals surface area contributed by atoms with Crippen molar-refractivity contribution in [1.82, 2.24) is 0 Å². The molecule has 0 aromatic rings. The molecule has 0 aliphatic heterocycles. The van der Waals surface area contributed by atoms with Crippen molar-refractivity contribution in [3.8, 4) is 0 Å². The van der Waals surface area contributed by atoms with E-state index in [-0.39, 0.29) is 0 Å². The maximum absolute atomic E-state index is 3.64. The second-order valence-electron chi connectivity index (χ2n) is 2.63. The molecule has 0 saturated carbocycles. The summed E-state index contributed by atoms with van der Waals surface area (Å²) in [4.78, 5) is 0. The van der Waals surface area contributed by atoms with Crippen molar-refractivity contribution in [2.24, 2.45) is 0 Å². The summed E-state index contributed by atoms with van der Waals surface area (Å²) in [5.41, 5.74) is 2.61. The Morgan fingerprint density at radius 3 is 2.50 bits per heavy atom. The van der Waals surface area contributed by atoms with Gasteiger partial charge in [-0.05, 0) is 31.4 Å². The van der Waals surface area contributed by atoms with Gasteiger partial charge >= 0.3 is 0 Å². The number of hydrogen-bond donors (Lipinski definition) is 0. The van der Waals surface area contributed by atoms with Crippen molar-refractivity contribution >= 4 is 0 Å². The Labute approximate surface area is 76.0 Å². The summed E-state index contributed by atoms with van der Waals surface area (Å²) in [6.07, 6.45) is 11.3. The third-order valence-electron chi connectivity index (χ3n) is 1.72. The van der Waals surface area contributed by atoms with Crippen LogP contribution in [-0.4, -0.2) is 0 Å². The normalized spacial score (nSPS) is 13.9. The van der Waals surface area contributed by atoms with E-state index in [2.05, 4.69) is 45.6 Å². The van der Waals surface area contributed by atoms with Gasteiger partial charge in [0.1, 0.15) is 0 Å². The van der Waals surface area contributed by atoms with E-state index in [0.29, 0.717) is 0 Å². The predicted molar refractivity (Wildman–Crippen MR) is 57.1 cm³/mol. The second kappa shape index (κ2) is 6.66. The van der Waals surface area contributed by atoms with Gasteiger partial charge < -0.3 is 0 Å². The van der Waals surface area contributed by atoms with Gasteiger partial charge in [0.05, 0.1) is 0 Å². The Hall–Kier alpha value is -1.04. The molecule has 0 nitrogen and oxygen atoms in total. The molecular weight excluding hydrogens is 144 g/mol. The minimum Gasteiger partial charge on any atom is -0.0991 e. The van der Waals surface area contributed by atoms with E-state index in [9.17, 15) is 0 Å². The van der Waals surface area contributed by atoms with Gasteiger partial charge in [-0.2, -0.15) is 0 Å². The summed E-state index contributed by atoms with van der Waals surface area (Å²) < 4.78 is 0. The topological polar surface area (TPSA) is 0 Å². The SMILES string of the molecule is C=C\C=C/C(=C/CC)C(/C)=C\C. The van der Waals surface area contributed by atoms with E-state index in [1.54, 1.807) is 6.08 Å². The maximum atomic E-state index is 3.64. The van der Waals surface area contributed by atoms with Crippen LogP contribution in [0.1, 0.15) is 27.2 Å². The highest BCUT2D eigenvalue weighted by Gasteiger charge is 1.91. The molecule has 0 heterocycles. The standard InChI is InChI=1S/C12H18/c1-5-8-10-12(9-6-2)11(4)7-3/h5,7-10H,1,6H2,2-4H3/b10-8-,11-7-,12-9-. The molecule has 0 rings (SSSR count). The quantitative estimate of drug-likeness (QED) is 0.547. The molecule has 0 aromatic heterocycles. The predicted octanol–water partition coefficient (Wildman–Crippen LogP) is 4.03.